The van der Waals surface area contributed by atoms with Crippen LogP contribution in [0.25, 0.3) is 5.57 Å². The van der Waals surface area contributed by atoms with Crippen molar-refractivity contribution in [1.82, 2.24) is 4.98 Å². The highest BCUT2D eigenvalue weighted by Crippen LogP contribution is 2.32. The Morgan fingerprint density at radius 1 is 1.26 bits per heavy atom. The van der Waals surface area contributed by atoms with Crippen molar-refractivity contribution in [2.45, 2.75) is 33.6 Å². The summed E-state index contributed by atoms with van der Waals surface area (Å²) in [5.41, 5.74) is 5.00. The molecule has 0 radical (unpaired) electrons. The molecule has 0 fully saturated rings. The molecule has 1 heteroatoms. The monoisotopic (exact) mass is 253 g/mol. The van der Waals surface area contributed by atoms with E-state index in [9.17, 15) is 0 Å². The van der Waals surface area contributed by atoms with Crippen LogP contribution in [0.5, 0.6) is 0 Å². The predicted octanol–water partition coefficient (Wildman–Crippen LogP) is 5.34. The zero-order valence-corrected chi connectivity index (χ0v) is 12.2. The van der Waals surface area contributed by atoms with Crippen molar-refractivity contribution in [3.63, 3.8) is 0 Å². The summed E-state index contributed by atoms with van der Waals surface area (Å²) in [5.74, 6) is 0. The Bertz CT molecular complexity index is 490. The van der Waals surface area contributed by atoms with Gasteiger partial charge in [0.1, 0.15) is 0 Å². The Morgan fingerprint density at radius 2 is 2.05 bits per heavy atom. The molecule has 0 saturated heterocycles. The van der Waals surface area contributed by atoms with Gasteiger partial charge in [0.05, 0.1) is 5.69 Å². The Morgan fingerprint density at radius 3 is 2.68 bits per heavy atom. The summed E-state index contributed by atoms with van der Waals surface area (Å²) < 4.78 is 0. The Balaban J connectivity index is 0.000000861. The van der Waals surface area contributed by atoms with Gasteiger partial charge in [0.25, 0.3) is 0 Å². The molecule has 0 unspecified atom stereocenters. The highest BCUT2D eigenvalue weighted by atomic mass is 14.7. The fourth-order valence-corrected chi connectivity index (χ4v) is 2.07. The van der Waals surface area contributed by atoms with Crippen molar-refractivity contribution in [2.24, 2.45) is 0 Å². The van der Waals surface area contributed by atoms with E-state index in [0.29, 0.717) is 0 Å². The molecule has 0 aromatic carbocycles. The molecule has 19 heavy (non-hydrogen) atoms. The summed E-state index contributed by atoms with van der Waals surface area (Å²) in [5, 5.41) is 0. The van der Waals surface area contributed by atoms with Crippen LogP contribution in [0.15, 0.2) is 66.4 Å². The zero-order valence-electron chi connectivity index (χ0n) is 12.2. The maximum Gasteiger partial charge on any atom is 0.0704 e. The van der Waals surface area contributed by atoms with Crippen molar-refractivity contribution in [1.29, 1.82) is 0 Å². The first-order valence-electron chi connectivity index (χ1n) is 6.93. The topological polar surface area (TPSA) is 12.9 Å². The van der Waals surface area contributed by atoms with Gasteiger partial charge in [-0.05, 0) is 37.5 Å². The lowest BCUT2D eigenvalue weighted by Crippen LogP contribution is -1.99. The average Bonchev–Trinajstić information content (AvgIpc) is 2.49. The van der Waals surface area contributed by atoms with Gasteiger partial charge in [-0.2, -0.15) is 0 Å². The summed E-state index contributed by atoms with van der Waals surface area (Å²) in [7, 11) is 0. The van der Waals surface area contributed by atoms with E-state index in [1.54, 1.807) is 0 Å². The van der Waals surface area contributed by atoms with Crippen molar-refractivity contribution < 1.29 is 0 Å². The van der Waals surface area contributed by atoms with Gasteiger partial charge < -0.3 is 0 Å². The second-order valence-corrected chi connectivity index (χ2v) is 4.16. The minimum absolute atomic E-state index is 1.05. The Kier molecular flexibility index (Phi) is 6.59. The van der Waals surface area contributed by atoms with Gasteiger partial charge in [0.15, 0.2) is 0 Å². The number of rotatable bonds is 3. The van der Waals surface area contributed by atoms with Crippen LogP contribution >= 0.6 is 0 Å². The molecule has 0 atom stereocenters. The van der Waals surface area contributed by atoms with Crippen molar-refractivity contribution in [3.8, 4) is 0 Å². The SMILES string of the molecule is C=C/C=C\C1=C(C)CCC=C1c1ccccn1.CC. The van der Waals surface area contributed by atoms with E-state index >= 15 is 0 Å². The molecule has 2 rings (SSSR count). The normalized spacial score (nSPS) is 14.8. The van der Waals surface area contributed by atoms with Crippen molar-refractivity contribution >= 4 is 5.57 Å². The van der Waals surface area contributed by atoms with Gasteiger partial charge in [-0.15, -0.1) is 0 Å². The van der Waals surface area contributed by atoms with Crippen LogP contribution in [-0.4, -0.2) is 4.98 Å². The maximum atomic E-state index is 4.43. The van der Waals surface area contributed by atoms with Crippen LogP contribution in [0.1, 0.15) is 39.3 Å². The molecule has 0 amide bonds. The van der Waals surface area contributed by atoms with Crippen LogP contribution in [0, 0.1) is 0 Å². The average molecular weight is 253 g/mol. The van der Waals surface area contributed by atoms with E-state index in [-0.39, 0.29) is 0 Å². The molecule has 1 aliphatic rings. The number of pyridine rings is 1. The van der Waals surface area contributed by atoms with Gasteiger partial charge in [-0.1, -0.05) is 56.4 Å². The van der Waals surface area contributed by atoms with Gasteiger partial charge in [0, 0.05) is 11.8 Å². The Hall–Kier alpha value is -1.89. The third-order valence-corrected chi connectivity index (χ3v) is 2.96. The number of aromatic nitrogens is 1. The van der Waals surface area contributed by atoms with E-state index in [1.807, 2.05) is 44.3 Å². The Labute approximate surface area is 117 Å². The summed E-state index contributed by atoms with van der Waals surface area (Å²) in [6.07, 6.45) is 12.3. The van der Waals surface area contributed by atoms with E-state index in [4.69, 9.17) is 0 Å². The third kappa shape index (κ3) is 4.06. The fourth-order valence-electron chi connectivity index (χ4n) is 2.07. The molecule has 0 saturated carbocycles. The van der Waals surface area contributed by atoms with Crippen molar-refractivity contribution in [2.75, 3.05) is 0 Å². The van der Waals surface area contributed by atoms with Crippen LogP contribution < -0.4 is 0 Å². The molecule has 1 aromatic heterocycles. The first-order chi connectivity index (χ1) is 9.33. The standard InChI is InChI=1S/C16H17N.C2H6/c1-3-4-9-14-13(2)8-7-10-15(14)16-11-5-6-12-17-16;1-2/h3-6,9-12H,1,7-8H2,2H3;1-2H3/b9-4-;. The molecule has 100 valence electrons. The summed E-state index contributed by atoms with van der Waals surface area (Å²) >= 11 is 0. The van der Waals surface area contributed by atoms with Crippen LogP contribution in [-0.2, 0) is 0 Å². The predicted molar refractivity (Wildman–Crippen MR) is 84.8 cm³/mol. The quantitative estimate of drug-likeness (QED) is 0.662. The van der Waals surface area contributed by atoms with E-state index < -0.39 is 0 Å². The fraction of sp³-hybridized carbons (Fsp3) is 0.278. The highest BCUT2D eigenvalue weighted by molar-refractivity contribution is 5.81. The van der Waals surface area contributed by atoms with Gasteiger partial charge in [-0.25, -0.2) is 0 Å². The minimum atomic E-state index is 1.05. The van der Waals surface area contributed by atoms with Gasteiger partial charge >= 0.3 is 0 Å². The molecule has 1 nitrogen and oxygen atoms in total. The number of allylic oxidation sites excluding steroid dienone is 7. The van der Waals surface area contributed by atoms with Gasteiger partial charge in [0.2, 0.25) is 0 Å². The molecule has 0 bridgehead atoms. The maximum absolute atomic E-state index is 4.43. The van der Waals surface area contributed by atoms with Gasteiger partial charge in [-0.3, -0.25) is 4.98 Å². The van der Waals surface area contributed by atoms with Crippen LogP contribution in [0.4, 0.5) is 0 Å². The molecular formula is C18H23N. The first kappa shape index (κ1) is 15.2. The lowest BCUT2D eigenvalue weighted by molar-refractivity contribution is 0.951. The van der Waals surface area contributed by atoms with E-state index in [2.05, 4.69) is 36.7 Å². The van der Waals surface area contributed by atoms with Crippen LogP contribution in [0.2, 0.25) is 0 Å². The third-order valence-electron chi connectivity index (χ3n) is 2.96. The summed E-state index contributed by atoms with van der Waals surface area (Å²) in [6.45, 7) is 9.92. The van der Waals surface area contributed by atoms with Crippen LogP contribution in [0.3, 0.4) is 0 Å². The minimum Gasteiger partial charge on any atom is -0.256 e. The lowest BCUT2D eigenvalue weighted by atomic mass is 9.89. The number of hydrogen-bond donors (Lipinski definition) is 0. The molecule has 0 aliphatic heterocycles. The second-order valence-electron chi connectivity index (χ2n) is 4.16. The molecular weight excluding hydrogens is 230 g/mol. The summed E-state index contributed by atoms with van der Waals surface area (Å²) in [4.78, 5) is 4.43. The van der Waals surface area contributed by atoms with Crippen molar-refractivity contribution in [3.05, 3.63) is 72.1 Å². The van der Waals surface area contributed by atoms with E-state index in [0.717, 1.165) is 18.5 Å². The number of hydrogen-bond acceptors (Lipinski definition) is 1. The smallest absolute Gasteiger partial charge is 0.0704 e. The number of nitrogens with zero attached hydrogens (tertiary/aromatic N) is 1. The second kappa shape index (κ2) is 8.25. The summed E-state index contributed by atoms with van der Waals surface area (Å²) in [6, 6.07) is 6.04. The zero-order chi connectivity index (χ0) is 14.1. The molecule has 1 aromatic rings. The molecule has 1 heterocycles. The lowest BCUT2D eigenvalue weighted by Gasteiger charge is -2.17. The largest absolute Gasteiger partial charge is 0.256 e. The highest BCUT2D eigenvalue weighted by Gasteiger charge is 2.13. The van der Waals surface area contributed by atoms with E-state index in [1.165, 1.54) is 16.7 Å². The first-order valence-corrected chi connectivity index (χ1v) is 6.93. The molecule has 1 aliphatic carbocycles. The molecule has 0 N–H and O–H groups in total. The molecule has 0 spiro atoms.